The Balaban J connectivity index is 2.06. The molecule has 0 atom stereocenters. The van der Waals surface area contributed by atoms with Gasteiger partial charge in [0.1, 0.15) is 16.4 Å². The van der Waals surface area contributed by atoms with Gasteiger partial charge >= 0.3 is 4.94 Å². The van der Waals surface area contributed by atoms with Crippen LogP contribution in [0.5, 0.6) is 11.5 Å². The minimum absolute atomic E-state index is 0.0606. The second kappa shape index (κ2) is 7.71. The summed E-state index contributed by atoms with van der Waals surface area (Å²) in [6.07, 6.45) is 0. The van der Waals surface area contributed by atoms with Crippen molar-refractivity contribution in [2.45, 2.75) is 11.8 Å². The maximum atomic E-state index is 13.7. The average Bonchev–Trinajstić information content (AvgIpc) is 3.13. The van der Waals surface area contributed by atoms with Gasteiger partial charge in [-0.15, -0.1) is 0 Å². The molecule has 1 aromatic heterocycles. The van der Waals surface area contributed by atoms with E-state index in [1.54, 1.807) is 30.3 Å². The van der Waals surface area contributed by atoms with Crippen LogP contribution in [0.3, 0.4) is 0 Å². The minimum atomic E-state index is -4.41. The predicted molar refractivity (Wildman–Crippen MR) is 118 cm³/mol. The predicted octanol–water partition coefficient (Wildman–Crippen LogP) is 3.77. The first kappa shape index (κ1) is 20.9. The second-order valence-electron chi connectivity index (χ2n) is 6.53. The maximum Gasteiger partial charge on any atom is 0.396 e. The Kier molecular flexibility index (Phi) is 5.19. The highest BCUT2D eigenvalue weighted by atomic mass is 32.2. The first-order valence-corrected chi connectivity index (χ1v) is 11.3. The van der Waals surface area contributed by atoms with Gasteiger partial charge in [0.05, 0.1) is 24.6 Å². The number of anilines is 1. The van der Waals surface area contributed by atoms with E-state index in [2.05, 4.69) is 0 Å². The Morgan fingerprint density at radius 3 is 2.39 bits per heavy atom. The zero-order chi connectivity index (χ0) is 22.3. The quantitative estimate of drug-likeness (QED) is 0.448. The molecule has 0 aliphatic rings. The van der Waals surface area contributed by atoms with Crippen LogP contribution in [-0.4, -0.2) is 28.5 Å². The van der Waals surface area contributed by atoms with Crippen molar-refractivity contribution >= 4 is 54.0 Å². The molecule has 0 fully saturated rings. The number of methoxy groups -OCH3 is 2. The fourth-order valence-electron chi connectivity index (χ4n) is 3.40. The van der Waals surface area contributed by atoms with Gasteiger partial charge in [0.2, 0.25) is 5.91 Å². The molecule has 0 spiro atoms. The molecule has 0 saturated heterocycles. The average molecular weight is 460 g/mol. The number of carbonyl (C=O) groups excluding carboxylic acids is 1. The van der Waals surface area contributed by atoms with Gasteiger partial charge in [0, 0.05) is 23.8 Å². The largest absolute Gasteiger partial charge is 0.497 e. The van der Waals surface area contributed by atoms with E-state index >= 15 is 0 Å². The molecule has 1 heterocycles. The molecule has 0 N–H and O–H groups in total. The summed E-state index contributed by atoms with van der Waals surface area (Å²) in [5, 5.41) is 0.963. The van der Waals surface area contributed by atoms with Crippen molar-refractivity contribution < 1.29 is 27.1 Å². The lowest BCUT2D eigenvalue weighted by Gasteiger charge is -2.24. The van der Waals surface area contributed by atoms with E-state index < -0.39 is 20.9 Å². The van der Waals surface area contributed by atoms with Crippen LogP contribution in [0, 0.1) is 0 Å². The number of amides is 1. The van der Waals surface area contributed by atoms with Gasteiger partial charge in [-0.1, -0.05) is 35.6 Å². The van der Waals surface area contributed by atoms with E-state index in [4.69, 9.17) is 13.9 Å². The molecule has 1 amide bonds. The molecule has 0 aliphatic carbocycles. The minimum Gasteiger partial charge on any atom is -0.497 e. The Morgan fingerprint density at radius 1 is 1.03 bits per heavy atom. The van der Waals surface area contributed by atoms with Gasteiger partial charge in [-0.25, -0.2) is 17.5 Å². The number of carbonyl (C=O) groups is 1. The lowest BCUT2D eigenvalue weighted by Crippen LogP contribution is -2.35. The van der Waals surface area contributed by atoms with Crippen molar-refractivity contribution in [1.82, 2.24) is 0 Å². The van der Waals surface area contributed by atoms with Gasteiger partial charge in [-0.2, -0.15) is 0 Å². The Hall–Kier alpha value is -3.37. The molecule has 0 saturated carbocycles. The van der Waals surface area contributed by atoms with Crippen molar-refractivity contribution in [2.75, 3.05) is 18.5 Å². The zero-order valence-corrected chi connectivity index (χ0v) is 18.4. The summed E-state index contributed by atoms with van der Waals surface area (Å²) in [5.41, 5.74) is 0.451. The Morgan fingerprint density at radius 2 is 1.74 bits per heavy atom. The number of fused-ring (bicyclic) bond motifs is 3. The molecular weight excluding hydrogens is 442 g/mol. The van der Waals surface area contributed by atoms with Crippen molar-refractivity contribution in [3.05, 3.63) is 58.3 Å². The molecule has 0 aliphatic heterocycles. The van der Waals surface area contributed by atoms with Crippen LogP contribution < -0.4 is 18.7 Å². The summed E-state index contributed by atoms with van der Waals surface area (Å²) in [7, 11) is -1.66. The maximum absolute atomic E-state index is 13.7. The number of hydrogen-bond acceptors (Lipinski definition) is 8. The van der Waals surface area contributed by atoms with E-state index in [-0.39, 0.29) is 22.1 Å². The number of nitrogens with zero attached hydrogens (tertiary/aromatic N) is 1. The molecule has 0 radical (unpaired) electrons. The van der Waals surface area contributed by atoms with Crippen LogP contribution >= 0.6 is 11.3 Å². The Labute approximate surface area is 181 Å². The van der Waals surface area contributed by atoms with Gasteiger partial charge < -0.3 is 13.9 Å². The van der Waals surface area contributed by atoms with Crippen molar-refractivity contribution in [3.8, 4) is 11.5 Å². The SMILES string of the molecule is COc1ccc(OC)c(S(=O)(=O)N(C(C)=O)c2cc3sc(=O)oc3c3ccccc23)c1. The lowest BCUT2D eigenvalue weighted by molar-refractivity contribution is -0.115. The van der Waals surface area contributed by atoms with Crippen LogP contribution in [0.25, 0.3) is 21.1 Å². The normalized spacial score (nSPS) is 11.6. The second-order valence-corrected chi connectivity index (χ2v) is 9.26. The first-order valence-electron chi connectivity index (χ1n) is 9.01. The van der Waals surface area contributed by atoms with E-state index in [1.165, 1.54) is 32.4 Å². The third-order valence-electron chi connectivity index (χ3n) is 4.71. The molecule has 160 valence electrons. The topological polar surface area (TPSA) is 103 Å². The van der Waals surface area contributed by atoms with Crippen LogP contribution in [-0.2, 0) is 14.8 Å². The highest BCUT2D eigenvalue weighted by Gasteiger charge is 2.33. The van der Waals surface area contributed by atoms with Crippen LogP contribution in [0.1, 0.15) is 6.92 Å². The molecule has 10 heteroatoms. The molecule has 4 aromatic rings. The summed E-state index contributed by atoms with van der Waals surface area (Å²) >= 11 is 0.831. The third kappa shape index (κ3) is 3.43. The third-order valence-corrected chi connectivity index (χ3v) is 7.29. The summed E-state index contributed by atoms with van der Waals surface area (Å²) < 4.78 is 44.2. The number of benzene rings is 3. The van der Waals surface area contributed by atoms with E-state index in [0.29, 0.717) is 25.4 Å². The van der Waals surface area contributed by atoms with E-state index in [1.807, 2.05) is 0 Å². The summed E-state index contributed by atoms with van der Waals surface area (Å²) in [6, 6.07) is 12.6. The fourth-order valence-corrected chi connectivity index (χ4v) is 5.74. The highest BCUT2D eigenvalue weighted by molar-refractivity contribution is 7.93. The monoisotopic (exact) mass is 459 g/mol. The molecular formula is C21H17NO7S2. The summed E-state index contributed by atoms with van der Waals surface area (Å²) in [6.45, 7) is 1.15. The van der Waals surface area contributed by atoms with Gasteiger partial charge in [0.15, 0.2) is 5.58 Å². The number of rotatable bonds is 5. The Bertz CT molecular complexity index is 1480. The van der Waals surface area contributed by atoms with Gasteiger partial charge in [-0.05, 0) is 18.2 Å². The molecule has 31 heavy (non-hydrogen) atoms. The zero-order valence-electron chi connectivity index (χ0n) is 16.7. The van der Waals surface area contributed by atoms with Crippen molar-refractivity contribution in [3.63, 3.8) is 0 Å². The standard InChI is InChI=1S/C21H17NO7S2/c1-12(23)22(31(25,26)19-10-13(27-2)8-9-17(19)28-3)16-11-18-20(29-21(24)30-18)15-7-5-4-6-14(15)16/h4-11H,1-3H3. The molecule has 4 rings (SSSR count). The van der Waals surface area contributed by atoms with Crippen LogP contribution in [0.15, 0.2) is 62.6 Å². The fraction of sp³-hybridized carbons (Fsp3) is 0.143. The van der Waals surface area contributed by atoms with Crippen LogP contribution in [0.2, 0.25) is 0 Å². The number of hydrogen-bond donors (Lipinski definition) is 0. The van der Waals surface area contributed by atoms with Crippen molar-refractivity contribution in [1.29, 1.82) is 0 Å². The van der Waals surface area contributed by atoms with Crippen LogP contribution in [0.4, 0.5) is 5.69 Å². The molecule has 0 bridgehead atoms. The van der Waals surface area contributed by atoms with Gasteiger partial charge in [-0.3, -0.25) is 4.79 Å². The molecule has 3 aromatic carbocycles. The lowest BCUT2D eigenvalue weighted by atomic mass is 10.1. The van der Waals surface area contributed by atoms with E-state index in [0.717, 1.165) is 18.3 Å². The smallest absolute Gasteiger partial charge is 0.396 e. The number of ether oxygens (including phenoxy) is 2. The summed E-state index contributed by atoms with van der Waals surface area (Å²) in [5.74, 6) is -0.383. The highest BCUT2D eigenvalue weighted by Crippen LogP contribution is 2.39. The first-order chi connectivity index (χ1) is 14.8. The number of sulfonamides is 1. The van der Waals surface area contributed by atoms with E-state index in [9.17, 15) is 18.0 Å². The van der Waals surface area contributed by atoms with Crippen molar-refractivity contribution in [2.24, 2.45) is 0 Å². The molecule has 8 nitrogen and oxygen atoms in total. The van der Waals surface area contributed by atoms with Gasteiger partial charge in [0.25, 0.3) is 10.0 Å². The summed E-state index contributed by atoms with van der Waals surface area (Å²) in [4.78, 5) is 23.8. The molecule has 0 unspecified atom stereocenters.